The summed E-state index contributed by atoms with van der Waals surface area (Å²) >= 11 is 0. The average Bonchev–Trinajstić information content (AvgIpc) is 3.14. The zero-order chi connectivity index (χ0) is 34.5. The Balaban J connectivity index is 1.09. The molecular weight excluding hydrogens is 605 g/mol. The van der Waals surface area contributed by atoms with Crippen molar-refractivity contribution in [3.8, 4) is 11.1 Å². The van der Waals surface area contributed by atoms with Crippen molar-refractivity contribution < 1.29 is 0 Å². The van der Waals surface area contributed by atoms with E-state index in [9.17, 15) is 0 Å². The van der Waals surface area contributed by atoms with E-state index < -0.39 is 0 Å². The predicted octanol–water partition coefficient (Wildman–Crippen LogP) is 13.3. The van der Waals surface area contributed by atoms with Gasteiger partial charge in [0.25, 0.3) is 0 Å². The molecule has 0 radical (unpaired) electrons. The number of hydrogen-bond acceptors (Lipinski definition) is 2. The van der Waals surface area contributed by atoms with Crippen LogP contribution in [0.25, 0.3) is 11.1 Å². The van der Waals surface area contributed by atoms with Gasteiger partial charge in [-0.25, -0.2) is 0 Å². The monoisotopic (exact) mass is 648 g/mol. The third-order valence-corrected chi connectivity index (χ3v) is 9.37. The highest BCUT2D eigenvalue weighted by Gasteiger charge is 2.15. The molecular formula is C48H44N2. The fourth-order valence-electron chi connectivity index (χ4n) is 6.71. The number of hydrogen-bond donors (Lipinski definition) is 0. The summed E-state index contributed by atoms with van der Waals surface area (Å²) in [6.07, 6.45) is 1.96. The minimum atomic E-state index is 0.981. The van der Waals surface area contributed by atoms with Gasteiger partial charge in [-0.1, -0.05) is 108 Å². The first kappa shape index (κ1) is 32.7. The molecule has 2 nitrogen and oxygen atoms in total. The van der Waals surface area contributed by atoms with Crippen molar-refractivity contribution in [3.05, 3.63) is 203 Å². The first-order valence-corrected chi connectivity index (χ1v) is 17.5. The van der Waals surface area contributed by atoms with E-state index >= 15 is 0 Å². The second-order valence-corrected chi connectivity index (χ2v) is 13.4. The molecule has 0 aliphatic rings. The normalized spacial score (nSPS) is 11.0. The molecule has 50 heavy (non-hydrogen) atoms. The molecule has 0 unspecified atom stereocenters. The van der Waals surface area contributed by atoms with E-state index in [-0.39, 0.29) is 0 Å². The van der Waals surface area contributed by atoms with Gasteiger partial charge in [-0.2, -0.15) is 0 Å². The van der Waals surface area contributed by atoms with Crippen LogP contribution in [-0.2, 0) is 12.8 Å². The maximum absolute atomic E-state index is 2.36. The lowest BCUT2D eigenvalue weighted by Gasteiger charge is -2.26. The summed E-state index contributed by atoms with van der Waals surface area (Å²) in [5.41, 5.74) is 17.1. The van der Waals surface area contributed by atoms with Crippen LogP contribution in [0.1, 0.15) is 33.4 Å². The van der Waals surface area contributed by atoms with Gasteiger partial charge in [0, 0.05) is 34.1 Å². The summed E-state index contributed by atoms with van der Waals surface area (Å²) in [5, 5.41) is 0. The summed E-state index contributed by atoms with van der Waals surface area (Å²) in [4.78, 5) is 4.70. The molecule has 0 spiro atoms. The average molecular weight is 649 g/mol. The van der Waals surface area contributed by atoms with Crippen LogP contribution in [0.4, 0.5) is 34.1 Å². The topological polar surface area (TPSA) is 6.48 Å². The molecule has 7 aromatic carbocycles. The molecule has 0 aromatic heterocycles. The fraction of sp³-hybridized carbons (Fsp3) is 0.125. The predicted molar refractivity (Wildman–Crippen MR) is 214 cm³/mol. The minimum absolute atomic E-state index is 0.981. The van der Waals surface area contributed by atoms with Gasteiger partial charge in [0.2, 0.25) is 0 Å². The van der Waals surface area contributed by atoms with E-state index in [1.165, 1.54) is 61.6 Å². The molecule has 0 aliphatic carbocycles. The molecule has 0 N–H and O–H groups in total. The van der Waals surface area contributed by atoms with Crippen LogP contribution in [0.5, 0.6) is 0 Å². The van der Waals surface area contributed by atoms with Crippen LogP contribution in [0, 0.1) is 27.7 Å². The van der Waals surface area contributed by atoms with Crippen molar-refractivity contribution in [1.29, 1.82) is 0 Å². The van der Waals surface area contributed by atoms with E-state index in [0.29, 0.717) is 0 Å². The molecule has 0 saturated heterocycles. The van der Waals surface area contributed by atoms with Crippen molar-refractivity contribution in [2.24, 2.45) is 0 Å². The zero-order valence-corrected chi connectivity index (χ0v) is 29.5. The van der Waals surface area contributed by atoms with Crippen molar-refractivity contribution in [1.82, 2.24) is 0 Å². The second-order valence-electron chi connectivity index (χ2n) is 13.4. The van der Waals surface area contributed by atoms with Crippen LogP contribution < -0.4 is 9.80 Å². The van der Waals surface area contributed by atoms with Gasteiger partial charge in [-0.3, -0.25) is 0 Å². The Morgan fingerprint density at radius 3 is 1.06 bits per heavy atom. The van der Waals surface area contributed by atoms with Crippen LogP contribution >= 0.6 is 0 Å². The zero-order valence-electron chi connectivity index (χ0n) is 29.5. The second kappa shape index (κ2) is 14.7. The lowest BCUT2D eigenvalue weighted by Crippen LogP contribution is -2.10. The van der Waals surface area contributed by atoms with E-state index in [0.717, 1.165) is 29.9 Å². The molecule has 0 heterocycles. The summed E-state index contributed by atoms with van der Waals surface area (Å²) in [6.45, 7) is 8.61. The molecule has 2 heteroatoms. The molecule has 0 fully saturated rings. The van der Waals surface area contributed by atoms with Gasteiger partial charge in [-0.05, 0) is 147 Å². The Bertz CT molecular complexity index is 2130. The summed E-state index contributed by atoms with van der Waals surface area (Å²) in [6, 6.07) is 61.9. The Morgan fingerprint density at radius 1 is 0.300 bits per heavy atom. The summed E-state index contributed by atoms with van der Waals surface area (Å²) in [7, 11) is 0. The smallest absolute Gasteiger partial charge is 0.0466 e. The van der Waals surface area contributed by atoms with Gasteiger partial charge < -0.3 is 9.80 Å². The molecule has 0 aliphatic heterocycles. The van der Waals surface area contributed by atoms with Crippen LogP contribution in [0.3, 0.4) is 0 Å². The first-order valence-electron chi connectivity index (χ1n) is 17.5. The van der Waals surface area contributed by atoms with Crippen molar-refractivity contribution in [2.45, 2.75) is 40.5 Å². The third-order valence-electron chi connectivity index (χ3n) is 9.37. The first-order chi connectivity index (χ1) is 24.4. The van der Waals surface area contributed by atoms with E-state index in [1.807, 2.05) is 0 Å². The minimum Gasteiger partial charge on any atom is -0.311 e. The summed E-state index contributed by atoms with van der Waals surface area (Å²) in [5.74, 6) is 0. The number of anilines is 6. The maximum atomic E-state index is 2.36. The molecule has 246 valence electrons. The van der Waals surface area contributed by atoms with Crippen LogP contribution in [0.2, 0.25) is 0 Å². The summed E-state index contributed by atoms with van der Waals surface area (Å²) < 4.78 is 0. The Morgan fingerprint density at radius 2 is 0.640 bits per heavy atom. The molecule has 7 aromatic rings. The lowest BCUT2D eigenvalue weighted by molar-refractivity contribution is 0.959. The highest BCUT2D eigenvalue weighted by atomic mass is 15.1. The van der Waals surface area contributed by atoms with E-state index in [4.69, 9.17) is 0 Å². The van der Waals surface area contributed by atoms with Gasteiger partial charge >= 0.3 is 0 Å². The molecule has 7 rings (SSSR count). The van der Waals surface area contributed by atoms with E-state index in [2.05, 4.69) is 207 Å². The number of nitrogens with zero attached hydrogens (tertiary/aromatic N) is 2. The van der Waals surface area contributed by atoms with Crippen LogP contribution in [0.15, 0.2) is 170 Å². The molecule has 0 bridgehead atoms. The maximum Gasteiger partial charge on any atom is 0.0466 e. The van der Waals surface area contributed by atoms with Crippen molar-refractivity contribution >= 4 is 34.1 Å². The Hall–Kier alpha value is -5.86. The quantitative estimate of drug-likeness (QED) is 0.146. The molecule has 0 saturated carbocycles. The highest BCUT2D eigenvalue weighted by molar-refractivity contribution is 5.79. The molecule has 0 atom stereocenters. The van der Waals surface area contributed by atoms with Crippen molar-refractivity contribution in [2.75, 3.05) is 9.80 Å². The number of aryl methyl sites for hydroxylation is 6. The van der Waals surface area contributed by atoms with Gasteiger partial charge in [-0.15, -0.1) is 0 Å². The van der Waals surface area contributed by atoms with Crippen molar-refractivity contribution in [3.63, 3.8) is 0 Å². The SMILES string of the molecule is Cc1ccc(N(c2ccc(CCc3ccc(N(c4ccc(C)cc4)c4cc(C)cc(C)c4)cc3)cc2)c2ccc(-c3ccccc3)cc2)cc1. The Kier molecular flexibility index (Phi) is 9.62. The Labute approximate surface area is 297 Å². The van der Waals surface area contributed by atoms with Gasteiger partial charge in [0.05, 0.1) is 0 Å². The van der Waals surface area contributed by atoms with Gasteiger partial charge in [0.1, 0.15) is 0 Å². The van der Waals surface area contributed by atoms with Crippen LogP contribution in [-0.4, -0.2) is 0 Å². The standard InChI is InChI=1S/C48H44N2/c1-35-10-22-43(23-11-35)49(47-30-20-42(21-31-47)41-8-6-5-7-9-41)45-26-16-39(17-27-45)14-15-40-18-28-46(29-19-40)50(44-24-12-36(2)13-25-44)48-33-37(3)32-38(4)34-48/h5-13,16-34H,14-15H2,1-4H3. The third kappa shape index (κ3) is 7.56. The largest absolute Gasteiger partial charge is 0.311 e. The molecule has 0 amide bonds. The van der Waals surface area contributed by atoms with Gasteiger partial charge in [0.15, 0.2) is 0 Å². The highest BCUT2D eigenvalue weighted by Crippen LogP contribution is 2.37. The number of rotatable bonds is 10. The number of benzene rings is 7. The lowest BCUT2D eigenvalue weighted by atomic mass is 10.0. The van der Waals surface area contributed by atoms with E-state index in [1.54, 1.807) is 0 Å². The fourth-order valence-corrected chi connectivity index (χ4v) is 6.71.